The third kappa shape index (κ3) is 5.72. The number of carbonyl (C=O) groups is 3. The van der Waals surface area contributed by atoms with Crippen molar-refractivity contribution < 1.29 is 19.1 Å². The van der Waals surface area contributed by atoms with Crippen LogP contribution in [0, 0.1) is 0 Å². The summed E-state index contributed by atoms with van der Waals surface area (Å²) in [7, 11) is 1.53. The number of ether oxygens (including phenoxy) is 1. The molecule has 4 aromatic rings. The Kier molecular flexibility index (Phi) is 7.57. The second-order valence-corrected chi connectivity index (χ2v) is 9.99. The molecule has 1 atom stereocenters. The molecule has 4 rings (SSSR count). The van der Waals surface area contributed by atoms with E-state index in [1.165, 1.54) is 23.6 Å². The molecule has 0 saturated carbocycles. The Balaban J connectivity index is 1.90. The van der Waals surface area contributed by atoms with Crippen LogP contribution in [0.2, 0.25) is 0 Å². The lowest BCUT2D eigenvalue weighted by Gasteiger charge is -2.34. The lowest BCUT2D eigenvalue weighted by Crippen LogP contribution is -2.50. The molecule has 196 valence electrons. The van der Waals surface area contributed by atoms with Crippen molar-refractivity contribution in [2.24, 2.45) is 0 Å². The molecule has 0 fully saturated rings. The van der Waals surface area contributed by atoms with Crippen LogP contribution in [-0.2, 0) is 16.1 Å². The Bertz CT molecular complexity index is 1490. The molecule has 38 heavy (non-hydrogen) atoms. The molecule has 0 aliphatic rings. The number of nitrogens with zero attached hydrogens (tertiary/aromatic N) is 4. The number of ketones is 1. The van der Waals surface area contributed by atoms with Gasteiger partial charge in [0.15, 0.2) is 5.78 Å². The second-order valence-electron chi connectivity index (χ2n) is 9.99. The number of hydrogen-bond acceptors (Lipinski definition) is 6. The van der Waals surface area contributed by atoms with E-state index >= 15 is 0 Å². The minimum absolute atomic E-state index is 0.198. The van der Waals surface area contributed by atoms with Crippen LogP contribution in [0.1, 0.15) is 49.7 Å². The Morgan fingerprint density at radius 3 is 2.42 bits per heavy atom. The predicted octanol–water partition coefficient (Wildman–Crippen LogP) is 4.33. The van der Waals surface area contributed by atoms with Crippen molar-refractivity contribution in [1.82, 2.24) is 20.3 Å². The van der Waals surface area contributed by atoms with Gasteiger partial charge in [0, 0.05) is 11.1 Å². The van der Waals surface area contributed by atoms with Crippen molar-refractivity contribution >= 4 is 34.3 Å². The van der Waals surface area contributed by atoms with Gasteiger partial charge in [-0.3, -0.25) is 19.3 Å². The number of hydrogen-bond donors (Lipinski definition) is 1. The fraction of sp³-hybridized carbons (Fsp3) is 0.276. The maximum Gasteiger partial charge on any atom is 0.249 e. The minimum atomic E-state index is -1.10. The highest BCUT2D eigenvalue weighted by atomic mass is 16.5. The van der Waals surface area contributed by atoms with Gasteiger partial charge in [0.25, 0.3) is 0 Å². The van der Waals surface area contributed by atoms with Crippen LogP contribution in [0.25, 0.3) is 11.0 Å². The highest BCUT2D eigenvalue weighted by Crippen LogP contribution is 2.33. The molecule has 0 aliphatic heterocycles. The molecule has 1 aromatic heterocycles. The minimum Gasteiger partial charge on any atom is -0.497 e. The smallest absolute Gasteiger partial charge is 0.249 e. The van der Waals surface area contributed by atoms with Crippen molar-refractivity contribution in [3.05, 3.63) is 83.9 Å². The summed E-state index contributed by atoms with van der Waals surface area (Å²) < 4.78 is 6.91. The highest BCUT2D eigenvalue weighted by molar-refractivity contribution is 6.08. The molecule has 0 bridgehead atoms. The van der Waals surface area contributed by atoms with E-state index in [0.29, 0.717) is 33.6 Å². The van der Waals surface area contributed by atoms with Gasteiger partial charge in [-0.15, -0.1) is 5.10 Å². The molecule has 1 heterocycles. The topological polar surface area (TPSA) is 106 Å². The monoisotopic (exact) mass is 513 g/mol. The van der Waals surface area contributed by atoms with Crippen LogP contribution in [0.4, 0.5) is 5.69 Å². The first-order chi connectivity index (χ1) is 18.1. The number of fused-ring (bicyclic) bond motifs is 1. The summed E-state index contributed by atoms with van der Waals surface area (Å²) in [5.41, 5.74) is 1.92. The van der Waals surface area contributed by atoms with Crippen LogP contribution in [0.5, 0.6) is 5.75 Å². The average Bonchev–Trinajstić information content (AvgIpc) is 3.28. The molecule has 0 radical (unpaired) electrons. The molecule has 1 N–H and O–H groups in total. The number of para-hydroxylation sites is 2. The van der Waals surface area contributed by atoms with Crippen LogP contribution in [0.15, 0.2) is 72.8 Å². The Morgan fingerprint density at radius 1 is 1.00 bits per heavy atom. The van der Waals surface area contributed by atoms with E-state index in [2.05, 4.69) is 15.6 Å². The fourth-order valence-electron chi connectivity index (χ4n) is 4.30. The summed E-state index contributed by atoms with van der Waals surface area (Å²) in [5, 5.41) is 11.3. The van der Waals surface area contributed by atoms with E-state index < -0.39 is 23.4 Å². The maximum absolute atomic E-state index is 14.2. The molecule has 9 heteroatoms. The van der Waals surface area contributed by atoms with Crippen LogP contribution in [-0.4, -0.2) is 45.2 Å². The standard InChI is InChI=1S/C29H31N5O4/c1-19(35)22-13-6-8-15-24(22)34(26(36)18-33-25-16-9-7-14-23(25)31-32-33)27(28(37)30-29(2,3)4)20-11-10-12-21(17-20)38-5/h6-17,27H,18H2,1-5H3,(H,30,37). The van der Waals surface area contributed by atoms with Gasteiger partial charge in [0.2, 0.25) is 11.8 Å². The zero-order chi connectivity index (χ0) is 27.4. The Hall–Kier alpha value is -4.53. The SMILES string of the molecule is COc1cccc(C(C(=O)NC(C)(C)C)N(C(=O)Cn2nnc3ccccc32)c2ccccc2C(C)=O)c1. The third-order valence-electron chi connectivity index (χ3n) is 5.93. The van der Waals surface area contributed by atoms with Gasteiger partial charge >= 0.3 is 0 Å². The summed E-state index contributed by atoms with van der Waals surface area (Å²) in [4.78, 5) is 42.1. The number of benzene rings is 3. The molecular weight excluding hydrogens is 482 g/mol. The number of aromatic nitrogens is 3. The normalized spacial score (nSPS) is 12.1. The summed E-state index contributed by atoms with van der Waals surface area (Å²) in [5.74, 6) is -0.539. The zero-order valence-electron chi connectivity index (χ0n) is 22.1. The zero-order valence-corrected chi connectivity index (χ0v) is 22.1. The van der Waals surface area contributed by atoms with E-state index in [-0.39, 0.29) is 12.3 Å². The third-order valence-corrected chi connectivity index (χ3v) is 5.93. The average molecular weight is 514 g/mol. The maximum atomic E-state index is 14.2. The van der Waals surface area contributed by atoms with Crippen LogP contribution >= 0.6 is 0 Å². The van der Waals surface area contributed by atoms with Gasteiger partial charge in [-0.1, -0.05) is 41.6 Å². The summed E-state index contributed by atoms with van der Waals surface area (Å²) in [6.45, 7) is 6.83. The molecular formula is C29H31N5O4. The van der Waals surface area contributed by atoms with Gasteiger partial charge in [-0.2, -0.15) is 0 Å². The largest absolute Gasteiger partial charge is 0.497 e. The second kappa shape index (κ2) is 10.8. The molecule has 0 spiro atoms. The molecule has 3 aromatic carbocycles. The number of amides is 2. The number of nitrogens with one attached hydrogen (secondary N) is 1. The van der Waals surface area contributed by atoms with Gasteiger partial charge in [0.1, 0.15) is 23.9 Å². The Labute approximate surface area is 221 Å². The van der Waals surface area contributed by atoms with Crippen LogP contribution in [0.3, 0.4) is 0 Å². The van der Waals surface area contributed by atoms with Crippen molar-refractivity contribution in [1.29, 1.82) is 0 Å². The number of anilines is 1. The Morgan fingerprint density at radius 2 is 1.71 bits per heavy atom. The summed E-state index contributed by atoms with van der Waals surface area (Å²) >= 11 is 0. The van der Waals surface area contributed by atoms with E-state index in [1.54, 1.807) is 48.5 Å². The number of rotatable bonds is 8. The summed E-state index contributed by atoms with van der Waals surface area (Å²) in [6, 6.07) is 20.0. The van der Waals surface area contributed by atoms with Crippen molar-refractivity contribution in [2.75, 3.05) is 12.0 Å². The number of carbonyl (C=O) groups excluding carboxylic acids is 3. The number of Topliss-reactive ketones (excluding diaryl/α,β-unsaturated/α-hetero) is 1. The van der Waals surface area contributed by atoms with Gasteiger partial charge in [0.05, 0.1) is 18.3 Å². The van der Waals surface area contributed by atoms with E-state index in [9.17, 15) is 14.4 Å². The quantitative estimate of drug-likeness (QED) is 0.352. The van der Waals surface area contributed by atoms with Gasteiger partial charge in [-0.05, 0) is 69.7 Å². The van der Waals surface area contributed by atoms with Crippen LogP contribution < -0.4 is 15.0 Å². The van der Waals surface area contributed by atoms with E-state index in [4.69, 9.17) is 4.74 Å². The molecule has 2 amide bonds. The lowest BCUT2D eigenvalue weighted by molar-refractivity contribution is -0.128. The number of methoxy groups -OCH3 is 1. The summed E-state index contributed by atoms with van der Waals surface area (Å²) in [6.07, 6.45) is 0. The van der Waals surface area contributed by atoms with Gasteiger partial charge in [-0.25, -0.2) is 4.68 Å². The fourth-order valence-corrected chi connectivity index (χ4v) is 4.30. The van der Waals surface area contributed by atoms with E-state index in [0.717, 1.165) is 0 Å². The first-order valence-electron chi connectivity index (χ1n) is 12.3. The highest BCUT2D eigenvalue weighted by Gasteiger charge is 2.36. The van der Waals surface area contributed by atoms with Crippen molar-refractivity contribution in [2.45, 2.75) is 45.8 Å². The van der Waals surface area contributed by atoms with Gasteiger partial charge < -0.3 is 10.1 Å². The molecule has 0 saturated heterocycles. The molecule has 9 nitrogen and oxygen atoms in total. The molecule has 1 unspecified atom stereocenters. The first-order valence-corrected chi connectivity index (χ1v) is 12.3. The predicted molar refractivity (Wildman–Crippen MR) is 145 cm³/mol. The lowest BCUT2D eigenvalue weighted by atomic mass is 9.98. The van der Waals surface area contributed by atoms with Crippen molar-refractivity contribution in [3.63, 3.8) is 0 Å². The first kappa shape index (κ1) is 26.5. The molecule has 0 aliphatic carbocycles. The van der Waals surface area contributed by atoms with E-state index in [1.807, 2.05) is 45.0 Å². The van der Waals surface area contributed by atoms with Crippen molar-refractivity contribution in [3.8, 4) is 5.75 Å².